The summed E-state index contributed by atoms with van der Waals surface area (Å²) in [5.41, 5.74) is 1.49. The Morgan fingerprint density at radius 2 is 2.05 bits per heavy atom. The highest BCUT2D eigenvalue weighted by molar-refractivity contribution is 5.93. The van der Waals surface area contributed by atoms with Crippen molar-refractivity contribution in [1.82, 2.24) is 9.55 Å². The number of anilines is 1. The molecule has 0 fully saturated rings. The number of hydrogen-bond acceptors (Lipinski definition) is 3. The number of aromatic nitrogens is 2. The van der Waals surface area contributed by atoms with Gasteiger partial charge in [-0.05, 0) is 32.0 Å². The number of benzene rings is 1. The monoisotopic (exact) mass is 261 g/mol. The minimum Gasteiger partial charge on any atom is -0.383 e. The van der Waals surface area contributed by atoms with E-state index in [2.05, 4.69) is 4.98 Å². The zero-order valence-corrected chi connectivity index (χ0v) is 11.9. The van der Waals surface area contributed by atoms with Crippen molar-refractivity contribution >= 4 is 22.6 Å². The number of nitrogens with zero attached hydrogens (tertiary/aromatic N) is 3. The number of hydrogen-bond donors (Lipinski definition) is 1. The lowest BCUT2D eigenvalue weighted by atomic mass is 10.1. The van der Waals surface area contributed by atoms with Crippen molar-refractivity contribution in [1.29, 1.82) is 0 Å². The van der Waals surface area contributed by atoms with Crippen LogP contribution in [0, 0.1) is 0 Å². The normalized spacial score (nSPS) is 11.9. The third-order valence-electron chi connectivity index (χ3n) is 3.27. The van der Waals surface area contributed by atoms with Crippen LogP contribution in [0.1, 0.15) is 26.6 Å². The van der Waals surface area contributed by atoms with Crippen molar-refractivity contribution in [2.45, 2.75) is 26.4 Å². The van der Waals surface area contributed by atoms with E-state index in [0.29, 0.717) is 5.82 Å². The molecule has 1 heterocycles. The maximum atomic E-state index is 11.4. The van der Waals surface area contributed by atoms with E-state index in [9.17, 15) is 9.90 Å². The summed E-state index contributed by atoms with van der Waals surface area (Å²) in [5.74, 6) is 0.572. The summed E-state index contributed by atoms with van der Waals surface area (Å²) >= 11 is 0. The smallest absolute Gasteiger partial charge is 0.223 e. The number of imidazole rings is 1. The summed E-state index contributed by atoms with van der Waals surface area (Å²) in [5, 5.41) is 10.1. The topological polar surface area (TPSA) is 58.4 Å². The van der Waals surface area contributed by atoms with Crippen molar-refractivity contribution in [2.24, 2.45) is 7.05 Å². The van der Waals surface area contributed by atoms with E-state index in [1.807, 2.05) is 29.8 Å². The van der Waals surface area contributed by atoms with Crippen LogP contribution in [0.5, 0.6) is 0 Å². The number of aliphatic hydroxyl groups is 1. The Balaban J connectivity index is 2.59. The molecule has 2 rings (SSSR count). The number of rotatable bonds is 2. The van der Waals surface area contributed by atoms with Gasteiger partial charge in [-0.25, -0.2) is 4.98 Å². The minimum absolute atomic E-state index is 0.0296. The van der Waals surface area contributed by atoms with Crippen LogP contribution in [0.15, 0.2) is 18.2 Å². The highest BCUT2D eigenvalue weighted by Gasteiger charge is 2.23. The predicted octanol–water partition coefficient (Wildman–Crippen LogP) is 1.78. The standard InChI is InChI=1S/C14H19N3O2/c1-9(18)16(4)10-6-7-12-11(8-10)15-13(17(12)5)14(2,3)19/h6-8,19H,1-5H3. The van der Waals surface area contributed by atoms with Crippen LogP contribution < -0.4 is 4.90 Å². The number of fused-ring (bicyclic) bond motifs is 1. The van der Waals surface area contributed by atoms with Gasteiger partial charge < -0.3 is 14.6 Å². The summed E-state index contributed by atoms with van der Waals surface area (Å²) < 4.78 is 1.87. The average Bonchev–Trinajstić information content (AvgIpc) is 2.65. The molecule has 5 heteroatoms. The van der Waals surface area contributed by atoms with E-state index in [0.717, 1.165) is 16.7 Å². The van der Waals surface area contributed by atoms with Crippen molar-refractivity contribution in [3.8, 4) is 0 Å². The SMILES string of the molecule is CC(=O)N(C)c1ccc2c(c1)nc(C(C)(C)O)n2C. The van der Waals surface area contributed by atoms with Crippen molar-refractivity contribution < 1.29 is 9.90 Å². The number of amides is 1. The molecule has 0 radical (unpaired) electrons. The molecule has 0 saturated heterocycles. The third-order valence-corrected chi connectivity index (χ3v) is 3.27. The summed E-state index contributed by atoms with van der Waals surface area (Å²) in [6.45, 7) is 4.93. The van der Waals surface area contributed by atoms with Crippen molar-refractivity contribution in [3.63, 3.8) is 0 Å². The Morgan fingerprint density at radius 3 is 2.58 bits per heavy atom. The Labute approximate surface area is 112 Å². The molecule has 0 aliphatic rings. The van der Waals surface area contributed by atoms with E-state index >= 15 is 0 Å². The van der Waals surface area contributed by atoms with E-state index in [1.54, 1.807) is 25.8 Å². The molecule has 0 aliphatic heterocycles. The molecular formula is C14H19N3O2. The van der Waals surface area contributed by atoms with E-state index < -0.39 is 5.60 Å². The van der Waals surface area contributed by atoms with Crippen molar-refractivity contribution in [3.05, 3.63) is 24.0 Å². The fourth-order valence-electron chi connectivity index (χ4n) is 2.13. The third kappa shape index (κ3) is 2.33. The van der Waals surface area contributed by atoms with Gasteiger partial charge in [-0.3, -0.25) is 4.79 Å². The number of carbonyl (C=O) groups excluding carboxylic acids is 1. The molecule has 0 saturated carbocycles. The summed E-state index contributed by atoms with van der Waals surface area (Å²) in [6.07, 6.45) is 0. The minimum atomic E-state index is -1.000. The first-order valence-corrected chi connectivity index (χ1v) is 6.15. The molecule has 1 N–H and O–H groups in total. The molecular weight excluding hydrogens is 242 g/mol. The Hall–Kier alpha value is -1.88. The van der Waals surface area contributed by atoms with Gasteiger partial charge in [0.15, 0.2) is 0 Å². The first-order chi connectivity index (χ1) is 8.71. The van der Waals surface area contributed by atoms with Gasteiger partial charge in [0.1, 0.15) is 11.4 Å². The highest BCUT2D eigenvalue weighted by atomic mass is 16.3. The lowest BCUT2D eigenvalue weighted by Crippen LogP contribution is -2.22. The molecule has 5 nitrogen and oxygen atoms in total. The Kier molecular flexibility index (Phi) is 3.10. The first kappa shape index (κ1) is 13.5. The molecule has 1 amide bonds. The van der Waals surface area contributed by atoms with E-state index in [-0.39, 0.29) is 5.91 Å². The van der Waals surface area contributed by atoms with Crippen LogP contribution >= 0.6 is 0 Å². The zero-order chi connectivity index (χ0) is 14.4. The molecule has 1 aromatic carbocycles. The molecule has 0 aliphatic carbocycles. The van der Waals surface area contributed by atoms with Crippen LogP contribution in [0.4, 0.5) is 5.69 Å². The Bertz CT molecular complexity index is 638. The number of carbonyl (C=O) groups is 1. The molecule has 0 atom stereocenters. The molecule has 19 heavy (non-hydrogen) atoms. The maximum absolute atomic E-state index is 11.4. The molecule has 0 unspecified atom stereocenters. The maximum Gasteiger partial charge on any atom is 0.223 e. The van der Waals surface area contributed by atoms with Gasteiger partial charge in [-0.2, -0.15) is 0 Å². The van der Waals surface area contributed by atoms with Crippen LogP contribution in [-0.4, -0.2) is 27.6 Å². The fourth-order valence-corrected chi connectivity index (χ4v) is 2.13. The van der Waals surface area contributed by atoms with E-state index in [4.69, 9.17) is 0 Å². The summed E-state index contributed by atoms with van der Waals surface area (Å²) in [6, 6.07) is 5.64. The second kappa shape index (κ2) is 4.35. The summed E-state index contributed by atoms with van der Waals surface area (Å²) in [7, 11) is 3.60. The molecule has 102 valence electrons. The zero-order valence-electron chi connectivity index (χ0n) is 11.9. The largest absolute Gasteiger partial charge is 0.383 e. The highest BCUT2D eigenvalue weighted by Crippen LogP contribution is 2.26. The quantitative estimate of drug-likeness (QED) is 0.896. The van der Waals surface area contributed by atoms with Crippen molar-refractivity contribution in [2.75, 3.05) is 11.9 Å². The fraction of sp³-hybridized carbons (Fsp3) is 0.429. The van der Waals surface area contributed by atoms with Gasteiger partial charge in [0.25, 0.3) is 0 Å². The van der Waals surface area contributed by atoms with Gasteiger partial charge in [-0.1, -0.05) is 0 Å². The summed E-state index contributed by atoms with van der Waals surface area (Å²) in [4.78, 5) is 17.4. The van der Waals surface area contributed by atoms with Gasteiger partial charge in [0.05, 0.1) is 11.0 Å². The van der Waals surface area contributed by atoms with Gasteiger partial charge in [-0.15, -0.1) is 0 Å². The molecule has 0 bridgehead atoms. The molecule has 0 spiro atoms. The van der Waals surface area contributed by atoms with Crippen LogP contribution in [0.2, 0.25) is 0 Å². The predicted molar refractivity (Wildman–Crippen MR) is 75.0 cm³/mol. The van der Waals surface area contributed by atoms with E-state index in [1.165, 1.54) is 6.92 Å². The second-order valence-electron chi connectivity index (χ2n) is 5.30. The van der Waals surface area contributed by atoms with Gasteiger partial charge >= 0.3 is 0 Å². The number of aryl methyl sites for hydroxylation is 1. The molecule has 2 aromatic rings. The van der Waals surface area contributed by atoms with Gasteiger partial charge in [0.2, 0.25) is 5.91 Å². The first-order valence-electron chi connectivity index (χ1n) is 6.15. The van der Waals surface area contributed by atoms with Crippen LogP contribution in [-0.2, 0) is 17.4 Å². The lowest BCUT2D eigenvalue weighted by molar-refractivity contribution is -0.116. The Morgan fingerprint density at radius 1 is 1.42 bits per heavy atom. The average molecular weight is 261 g/mol. The van der Waals surface area contributed by atoms with Crippen LogP contribution in [0.25, 0.3) is 11.0 Å². The second-order valence-corrected chi connectivity index (χ2v) is 5.30. The van der Waals surface area contributed by atoms with Gasteiger partial charge in [0, 0.05) is 26.7 Å². The molecule has 1 aromatic heterocycles. The van der Waals surface area contributed by atoms with Crippen LogP contribution in [0.3, 0.4) is 0 Å². The lowest BCUT2D eigenvalue weighted by Gasteiger charge is -2.16.